The van der Waals surface area contributed by atoms with Crippen LogP contribution in [0.1, 0.15) is 25.3 Å². The number of halogens is 1. The Morgan fingerprint density at radius 3 is 2.61 bits per heavy atom. The summed E-state index contributed by atoms with van der Waals surface area (Å²) in [5.41, 5.74) is 0.546. The molecular weight excluding hydrogens is 439 g/mol. The fourth-order valence-electron chi connectivity index (χ4n) is 2.37. The largest absolute Gasteiger partial charge is 0.465 e. The smallest absolute Gasteiger partial charge is 0.326 e. The van der Waals surface area contributed by atoms with E-state index in [2.05, 4.69) is 0 Å². The summed E-state index contributed by atoms with van der Waals surface area (Å²) in [5, 5.41) is 0. The van der Waals surface area contributed by atoms with E-state index in [1.54, 1.807) is 13.8 Å². The van der Waals surface area contributed by atoms with Crippen molar-refractivity contribution in [3.63, 3.8) is 0 Å². The van der Waals surface area contributed by atoms with Gasteiger partial charge in [0.15, 0.2) is 11.7 Å². The summed E-state index contributed by atoms with van der Waals surface area (Å²) in [6.45, 7) is 3.48. The summed E-state index contributed by atoms with van der Waals surface area (Å²) in [5.74, 6) is -2.56. The Morgan fingerprint density at radius 1 is 1.39 bits per heavy atom. The van der Waals surface area contributed by atoms with Crippen LogP contribution in [0, 0.1) is 9.49 Å². The maximum Gasteiger partial charge on any atom is 0.326 e. The molecule has 0 saturated heterocycles. The summed E-state index contributed by atoms with van der Waals surface area (Å²) >= 11 is 1.91. The highest BCUT2D eigenvalue weighted by atomic mass is 127. The molecule has 1 heterocycles. The van der Waals surface area contributed by atoms with Crippen LogP contribution < -0.4 is 8.92 Å². The molecule has 7 nitrogen and oxygen atoms in total. The van der Waals surface area contributed by atoms with Crippen LogP contribution in [-0.4, -0.2) is 33.2 Å². The van der Waals surface area contributed by atoms with Crippen molar-refractivity contribution in [2.24, 2.45) is 5.92 Å². The molecule has 23 heavy (non-hydrogen) atoms. The van der Waals surface area contributed by atoms with Crippen molar-refractivity contribution in [3.05, 3.63) is 21.3 Å². The first-order valence-corrected chi connectivity index (χ1v) is 9.65. The third-order valence-electron chi connectivity index (χ3n) is 3.31. The van der Waals surface area contributed by atoms with E-state index in [4.69, 9.17) is 13.7 Å². The van der Waals surface area contributed by atoms with Gasteiger partial charge in [-0.05, 0) is 41.6 Å². The van der Waals surface area contributed by atoms with E-state index in [-0.39, 0.29) is 18.1 Å². The maximum atomic E-state index is 12.1. The Balaban J connectivity index is 2.48. The highest BCUT2D eigenvalue weighted by Crippen LogP contribution is 2.44. The molecule has 0 radical (unpaired) electrons. The lowest BCUT2D eigenvalue weighted by molar-refractivity contribution is -0.159. The Hall–Kier alpha value is -1.36. The number of carbonyl (C=O) groups is 2. The van der Waals surface area contributed by atoms with Crippen LogP contribution in [0.5, 0.6) is 11.5 Å². The highest BCUT2D eigenvalue weighted by Gasteiger charge is 2.43. The first-order valence-electron chi connectivity index (χ1n) is 6.76. The summed E-state index contributed by atoms with van der Waals surface area (Å²) in [6.07, 6.45) is 0.938. The fourth-order valence-corrected chi connectivity index (χ4v) is 4.03. The van der Waals surface area contributed by atoms with Crippen LogP contribution in [0.3, 0.4) is 0 Å². The molecule has 9 heteroatoms. The predicted octanol–water partition coefficient (Wildman–Crippen LogP) is 1.83. The first-order chi connectivity index (χ1) is 10.7. The quantitative estimate of drug-likeness (QED) is 0.225. The number of fused-ring (bicyclic) bond motifs is 1. The number of rotatable bonds is 4. The normalized spacial score (nSPS) is 20.4. The van der Waals surface area contributed by atoms with E-state index in [9.17, 15) is 18.0 Å². The monoisotopic (exact) mass is 454 g/mol. The summed E-state index contributed by atoms with van der Waals surface area (Å²) in [7, 11) is -3.70. The third-order valence-corrected chi connectivity index (χ3v) is 4.90. The number of benzene rings is 1. The van der Waals surface area contributed by atoms with Crippen LogP contribution in [0.15, 0.2) is 12.1 Å². The van der Waals surface area contributed by atoms with Crippen molar-refractivity contribution in [2.75, 3.05) is 12.9 Å². The minimum Gasteiger partial charge on any atom is -0.465 e. The average molecular weight is 454 g/mol. The Kier molecular flexibility index (Phi) is 5.19. The van der Waals surface area contributed by atoms with Gasteiger partial charge < -0.3 is 13.7 Å². The topological polar surface area (TPSA) is 96.0 Å². The van der Waals surface area contributed by atoms with E-state index in [1.165, 1.54) is 12.1 Å². The molecule has 0 aliphatic carbocycles. The number of ether oxygens (including phenoxy) is 2. The molecule has 1 aliphatic heterocycles. The lowest BCUT2D eigenvalue weighted by atomic mass is 9.85. The molecule has 1 aromatic carbocycles. The molecule has 126 valence electrons. The SMILES string of the molecule is CCOC(=O)[C@@H]1C(=O)Oc2ccc(OS(C)(=O)=O)c(I)c2[C@H]1C. The van der Waals surface area contributed by atoms with Gasteiger partial charge in [0.2, 0.25) is 0 Å². The molecule has 0 amide bonds. The molecule has 1 aromatic rings. The molecule has 0 saturated carbocycles. The number of hydrogen-bond acceptors (Lipinski definition) is 7. The van der Waals surface area contributed by atoms with Gasteiger partial charge >= 0.3 is 22.1 Å². The van der Waals surface area contributed by atoms with Gasteiger partial charge in [0.25, 0.3) is 0 Å². The molecule has 0 aromatic heterocycles. The van der Waals surface area contributed by atoms with Gasteiger partial charge in [-0.25, -0.2) is 0 Å². The lowest BCUT2D eigenvalue weighted by Gasteiger charge is -2.29. The Bertz CT molecular complexity index is 757. The zero-order chi connectivity index (χ0) is 17.4. The fraction of sp³-hybridized carbons (Fsp3) is 0.429. The molecule has 0 unspecified atom stereocenters. The van der Waals surface area contributed by atoms with Gasteiger partial charge in [0.1, 0.15) is 5.75 Å². The van der Waals surface area contributed by atoms with Crippen LogP contribution >= 0.6 is 22.6 Å². The molecule has 0 spiro atoms. The van der Waals surface area contributed by atoms with Gasteiger partial charge in [-0.15, -0.1) is 0 Å². The highest BCUT2D eigenvalue weighted by molar-refractivity contribution is 14.1. The van der Waals surface area contributed by atoms with Crippen LogP contribution in [-0.2, 0) is 24.4 Å². The minimum absolute atomic E-state index is 0.124. The predicted molar refractivity (Wildman–Crippen MR) is 88.8 cm³/mol. The van der Waals surface area contributed by atoms with Crippen LogP contribution in [0.4, 0.5) is 0 Å². The van der Waals surface area contributed by atoms with E-state index in [1.807, 2.05) is 22.6 Å². The Labute approximate surface area is 147 Å². The number of hydrogen-bond donors (Lipinski definition) is 0. The molecule has 0 bridgehead atoms. The molecule has 0 N–H and O–H groups in total. The van der Waals surface area contributed by atoms with Gasteiger partial charge in [0, 0.05) is 11.5 Å². The zero-order valence-corrected chi connectivity index (χ0v) is 15.6. The summed E-state index contributed by atoms with van der Waals surface area (Å²) in [4.78, 5) is 24.1. The molecule has 2 rings (SSSR count). The zero-order valence-electron chi connectivity index (χ0n) is 12.7. The van der Waals surface area contributed by atoms with Gasteiger partial charge in [-0.1, -0.05) is 6.92 Å². The van der Waals surface area contributed by atoms with Gasteiger partial charge in [-0.2, -0.15) is 8.42 Å². The molecule has 2 atom stereocenters. The van der Waals surface area contributed by atoms with Gasteiger partial charge in [-0.3, -0.25) is 9.59 Å². The van der Waals surface area contributed by atoms with Crippen molar-refractivity contribution in [3.8, 4) is 11.5 Å². The second-order valence-electron chi connectivity index (χ2n) is 5.02. The molecular formula is C14H15IO7S. The lowest BCUT2D eigenvalue weighted by Crippen LogP contribution is -2.37. The summed E-state index contributed by atoms with van der Waals surface area (Å²) in [6, 6.07) is 2.86. The van der Waals surface area contributed by atoms with Crippen LogP contribution in [0.25, 0.3) is 0 Å². The average Bonchev–Trinajstić information content (AvgIpc) is 2.40. The van der Waals surface area contributed by atoms with Crippen molar-refractivity contribution < 1.29 is 31.7 Å². The second kappa shape index (κ2) is 6.63. The second-order valence-corrected chi connectivity index (χ2v) is 7.67. The van der Waals surface area contributed by atoms with Crippen LogP contribution in [0.2, 0.25) is 0 Å². The number of esters is 2. The van der Waals surface area contributed by atoms with Crippen molar-refractivity contribution in [1.29, 1.82) is 0 Å². The van der Waals surface area contributed by atoms with Crippen molar-refractivity contribution in [1.82, 2.24) is 0 Å². The third kappa shape index (κ3) is 3.77. The van der Waals surface area contributed by atoms with E-state index in [0.29, 0.717) is 9.13 Å². The first kappa shape index (κ1) is 18.0. The van der Waals surface area contributed by atoms with E-state index in [0.717, 1.165) is 6.26 Å². The molecule has 0 fully saturated rings. The minimum atomic E-state index is -3.70. The number of carbonyl (C=O) groups excluding carboxylic acids is 2. The van der Waals surface area contributed by atoms with E-state index < -0.39 is 33.9 Å². The standard InChI is InChI=1S/C14H15IO7S/c1-4-20-13(16)11-7(2)10-8(21-14(11)17)5-6-9(12(10)15)22-23(3,18)19/h5-7,11H,4H2,1-3H3/t7-,11-/m1/s1. The maximum absolute atomic E-state index is 12.1. The van der Waals surface area contributed by atoms with E-state index >= 15 is 0 Å². The van der Waals surface area contributed by atoms with Crippen molar-refractivity contribution in [2.45, 2.75) is 19.8 Å². The Morgan fingerprint density at radius 2 is 2.04 bits per heavy atom. The van der Waals surface area contributed by atoms with Crippen molar-refractivity contribution >= 4 is 44.6 Å². The van der Waals surface area contributed by atoms with Gasteiger partial charge in [0.05, 0.1) is 16.4 Å². The summed E-state index contributed by atoms with van der Waals surface area (Å²) < 4.78 is 38.2. The molecule has 1 aliphatic rings.